The first-order valence-electron chi connectivity index (χ1n) is 10.6. The van der Waals surface area contributed by atoms with Crippen LogP contribution in [-0.2, 0) is 0 Å². The second-order valence-corrected chi connectivity index (χ2v) is 19.7. The van der Waals surface area contributed by atoms with E-state index in [4.69, 9.17) is 10.0 Å². The summed E-state index contributed by atoms with van der Waals surface area (Å²) in [6, 6.07) is 6.36. The SMILES string of the molecule is Brc1ccn[nH]1.COc1c(F)cc(B(O)O)cc1F.O=Cc1c(F)cc(-c2ccn(C(F)F)n2)cc1F.PP(P)P. The zero-order valence-corrected chi connectivity index (χ0v) is 26.7. The lowest BCUT2D eigenvalue weighted by atomic mass is 9.80. The molecular weight excluding hydrogens is 701 g/mol. The first-order valence-corrected chi connectivity index (χ1v) is 17.6. The van der Waals surface area contributed by atoms with Gasteiger partial charge >= 0.3 is 13.7 Å². The van der Waals surface area contributed by atoms with Gasteiger partial charge in [-0.3, -0.25) is 9.89 Å². The van der Waals surface area contributed by atoms with Crippen molar-refractivity contribution in [3.63, 3.8) is 0 Å². The Bertz CT molecular complexity index is 1340. The number of alkyl halides is 2. The van der Waals surface area contributed by atoms with Gasteiger partial charge in [0.15, 0.2) is 23.7 Å². The monoisotopic (exact) mass is 722 g/mol. The van der Waals surface area contributed by atoms with Gasteiger partial charge in [0.2, 0.25) is 0 Å². The first-order chi connectivity index (χ1) is 19.2. The fourth-order valence-electron chi connectivity index (χ4n) is 2.61. The number of hydrogen-bond donors (Lipinski definition) is 3. The minimum absolute atomic E-state index is 0.00875. The highest BCUT2D eigenvalue weighted by molar-refractivity contribution is 9.10. The van der Waals surface area contributed by atoms with Crippen molar-refractivity contribution in [2.45, 2.75) is 6.55 Å². The van der Waals surface area contributed by atoms with E-state index in [0.717, 1.165) is 42.2 Å². The zero-order chi connectivity index (χ0) is 31.3. The summed E-state index contributed by atoms with van der Waals surface area (Å²) < 4.78 is 82.6. The number of ether oxygens (including phenoxy) is 1. The lowest BCUT2D eigenvalue weighted by molar-refractivity contribution is 0.0568. The molecule has 0 radical (unpaired) electrons. The number of nitrogens with zero attached hydrogens (tertiary/aromatic N) is 3. The highest BCUT2D eigenvalue weighted by Crippen LogP contribution is 2.59. The molecule has 8 nitrogen and oxygen atoms in total. The highest BCUT2D eigenvalue weighted by atomic mass is 79.9. The minimum Gasteiger partial charge on any atom is -0.491 e. The van der Waals surface area contributed by atoms with E-state index >= 15 is 0 Å². The van der Waals surface area contributed by atoms with Crippen LogP contribution in [0.2, 0.25) is 0 Å². The van der Waals surface area contributed by atoms with E-state index in [1.54, 1.807) is 6.20 Å². The number of hydrogen-bond acceptors (Lipinski definition) is 6. The fraction of sp³-hybridized carbons (Fsp3) is 0.0952. The van der Waals surface area contributed by atoms with E-state index < -0.39 is 48.2 Å². The van der Waals surface area contributed by atoms with Crippen LogP contribution < -0.4 is 10.2 Å². The minimum atomic E-state index is -2.83. The highest BCUT2D eigenvalue weighted by Gasteiger charge is 2.18. The van der Waals surface area contributed by atoms with Crippen molar-refractivity contribution in [2.75, 3.05) is 7.11 Å². The largest absolute Gasteiger partial charge is 0.491 e. The Labute approximate surface area is 247 Å². The number of halogens is 7. The summed E-state index contributed by atoms with van der Waals surface area (Å²) in [5.41, 5.74) is -0.983. The van der Waals surface area contributed by atoms with Crippen molar-refractivity contribution >= 4 is 68.6 Å². The number of benzene rings is 2. The molecule has 4 aromatic rings. The summed E-state index contributed by atoms with van der Waals surface area (Å²) in [7, 11) is 7.17. The van der Waals surface area contributed by atoms with Crippen LogP contribution in [-0.4, -0.2) is 50.5 Å². The summed E-state index contributed by atoms with van der Waals surface area (Å²) in [6.45, 7) is -2.70. The topological polar surface area (TPSA) is 113 Å². The van der Waals surface area contributed by atoms with Gasteiger partial charge in [0.05, 0.1) is 18.4 Å². The maximum absolute atomic E-state index is 13.3. The van der Waals surface area contributed by atoms with E-state index in [0.29, 0.717) is 4.68 Å². The van der Waals surface area contributed by atoms with Gasteiger partial charge in [-0.15, -0.1) is 26.8 Å². The van der Waals surface area contributed by atoms with Gasteiger partial charge in [0.25, 0.3) is 0 Å². The van der Waals surface area contributed by atoms with Crippen LogP contribution in [0.1, 0.15) is 16.9 Å². The lowest BCUT2D eigenvalue weighted by Crippen LogP contribution is -2.30. The number of carbonyl (C=O) groups excluding carboxylic acids is 1. The molecule has 0 bridgehead atoms. The molecular formula is C21H22BBrF6N4O4P4. The zero-order valence-electron chi connectivity index (χ0n) is 20.7. The molecule has 2 heterocycles. The summed E-state index contributed by atoms with van der Waals surface area (Å²) in [5, 5.41) is 27.0. The van der Waals surface area contributed by atoms with E-state index in [1.165, 1.54) is 6.07 Å². The number of aromatic amines is 1. The number of methoxy groups -OCH3 is 1. The summed E-state index contributed by atoms with van der Waals surface area (Å²) in [4.78, 5) is 10.4. The Balaban J connectivity index is 0.000000316. The van der Waals surface area contributed by atoms with Crippen LogP contribution in [0.5, 0.6) is 5.75 Å². The van der Waals surface area contributed by atoms with Crippen LogP contribution in [0.15, 0.2) is 53.4 Å². The average molecular weight is 723 g/mol. The van der Waals surface area contributed by atoms with Crippen molar-refractivity contribution in [1.82, 2.24) is 20.0 Å². The molecule has 4 rings (SSSR count). The summed E-state index contributed by atoms with van der Waals surface area (Å²) in [6.07, 6.45) is 2.72. The molecule has 2 aromatic heterocycles. The number of H-pyrrole nitrogens is 1. The van der Waals surface area contributed by atoms with Crippen molar-refractivity contribution < 1.29 is 45.9 Å². The van der Waals surface area contributed by atoms with Crippen LogP contribution >= 0.6 is 49.7 Å². The molecule has 0 amide bonds. The normalized spacial score (nSPS) is 10.1. The Morgan fingerprint density at radius 2 is 1.59 bits per heavy atom. The number of nitrogens with one attached hydrogen (secondary N) is 1. The van der Waals surface area contributed by atoms with Gasteiger partial charge in [-0.2, -0.15) is 19.0 Å². The van der Waals surface area contributed by atoms with Crippen LogP contribution in [0.3, 0.4) is 0 Å². The molecule has 2 aromatic carbocycles. The fourth-order valence-corrected chi connectivity index (χ4v) is 2.83. The van der Waals surface area contributed by atoms with Gasteiger partial charge in [0.1, 0.15) is 16.2 Å². The average Bonchev–Trinajstić information content (AvgIpc) is 3.56. The van der Waals surface area contributed by atoms with E-state index in [1.807, 2.05) is 6.07 Å². The molecule has 3 N–H and O–H groups in total. The molecule has 41 heavy (non-hydrogen) atoms. The standard InChI is InChI=1S/C11H6F4N2O.C7H7BF2O3.C3H3BrN2.H6P4/c12-8-3-6(4-9(13)7(8)5-18)10-1-2-17(16-10)11(14)15;1-13-7-5(9)2-4(8(11)12)3-6(7)10;4-3-1-2-5-6-3;1-4(2)3/h1-5,11H;2-3,11-12H,1H3;1-2H,(H,5,6);1-3H2. The van der Waals surface area contributed by atoms with Crippen molar-refractivity contribution in [3.05, 3.63) is 82.2 Å². The third-order valence-electron chi connectivity index (χ3n) is 4.29. The van der Waals surface area contributed by atoms with E-state index in [2.05, 4.69) is 62.7 Å². The van der Waals surface area contributed by atoms with Crippen molar-refractivity contribution in [2.24, 2.45) is 0 Å². The summed E-state index contributed by atoms with van der Waals surface area (Å²) in [5.74, 6) is -4.60. The van der Waals surface area contributed by atoms with Gasteiger partial charge in [-0.05, 0) is 64.8 Å². The predicted molar refractivity (Wildman–Crippen MR) is 159 cm³/mol. The van der Waals surface area contributed by atoms with Crippen molar-refractivity contribution in [3.8, 4) is 17.0 Å². The Kier molecular flexibility index (Phi) is 16.8. The number of carbonyl (C=O) groups is 1. The van der Waals surface area contributed by atoms with Crippen molar-refractivity contribution in [1.29, 1.82) is 0 Å². The smallest absolute Gasteiger partial charge is 0.488 e. The Morgan fingerprint density at radius 1 is 1.05 bits per heavy atom. The maximum atomic E-state index is 13.3. The second-order valence-electron chi connectivity index (χ2n) is 7.17. The van der Waals surface area contributed by atoms with Gasteiger partial charge < -0.3 is 14.8 Å². The third kappa shape index (κ3) is 12.9. The Morgan fingerprint density at radius 3 is 1.90 bits per heavy atom. The molecule has 0 aliphatic heterocycles. The van der Waals surface area contributed by atoms with Crippen LogP contribution in [0, 0.1) is 23.3 Å². The first kappa shape index (κ1) is 37.1. The molecule has 222 valence electrons. The van der Waals surface area contributed by atoms with E-state index in [9.17, 15) is 31.1 Å². The van der Waals surface area contributed by atoms with Gasteiger partial charge in [0, 0.05) is 18.0 Å². The van der Waals surface area contributed by atoms with Crippen LogP contribution in [0.4, 0.5) is 26.3 Å². The van der Waals surface area contributed by atoms with Gasteiger partial charge in [-0.1, -0.05) is 0 Å². The molecule has 3 unspecified atom stereocenters. The predicted octanol–water partition coefficient (Wildman–Crippen LogP) is 5.70. The summed E-state index contributed by atoms with van der Waals surface area (Å²) >= 11 is 3.16. The van der Waals surface area contributed by atoms with Crippen LogP contribution in [0.25, 0.3) is 11.3 Å². The molecule has 0 spiro atoms. The number of aromatic nitrogens is 4. The third-order valence-corrected chi connectivity index (χ3v) is 4.73. The number of rotatable bonds is 5. The lowest BCUT2D eigenvalue weighted by Gasteiger charge is -2.05. The molecule has 20 heteroatoms. The van der Waals surface area contributed by atoms with E-state index in [-0.39, 0.29) is 30.0 Å². The molecule has 0 fully saturated rings. The quantitative estimate of drug-likeness (QED) is 0.106. The maximum Gasteiger partial charge on any atom is 0.488 e. The second kappa shape index (κ2) is 18.6. The molecule has 3 atom stereocenters. The Hall–Kier alpha value is -1.91. The van der Waals surface area contributed by atoms with Gasteiger partial charge in [-0.25, -0.2) is 22.2 Å². The molecule has 0 aliphatic carbocycles. The molecule has 0 aliphatic rings. The molecule has 0 saturated heterocycles. The molecule has 0 saturated carbocycles. The number of aldehydes is 1.